The van der Waals surface area contributed by atoms with Crippen molar-refractivity contribution < 1.29 is 13.7 Å². The summed E-state index contributed by atoms with van der Waals surface area (Å²) in [6.45, 7) is -0.136. The Kier molecular flexibility index (Phi) is 3.02. The maximum absolute atomic E-state index is 14.1. The summed E-state index contributed by atoms with van der Waals surface area (Å²) in [6.07, 6.45) is 0. The highest BCUT2D eigenvalue weighted by Crippen LogP contribution is 2.22. The predicted molar refractivity (Wildman–Crippen MR) is 72.6 cm³/mol. The van der Waals surface area contributed by atoms with E-state index in [2.05, 4.69) is 0 Å². The summed E-state index contributed by atoms with van der Waals surface area (Å²) >= 11 is 0. The zero-order valence-corrected chi connectivity index (χ0v) is 10.7. The Morgan fingerprint density at radius 2 is 1.95 bits per heavy atom. The second-order valence-corrected chi connectivity index (χ2v) is 4.43. The van der Waals surface area contributed by atoms with Crippen LogP contribution in [0.5, 0.6) is 0 Å². The van der Waals surface area contributed by atoms with Crippen LogP contribution < -0.4 is 5.76 Å². The molecule has 0 saturated heterocycles. The Balaban J connectivity index is 2.11. The molecule has 1 heterocycles. The molecule has 0 bridgehead atoms. The van der Waals surface area contributed by atoms with Crippen molar-refractivity contribution >= 4 is 16.8 Å². The SMILES string of the molecule is O=c1oc2ccccc2n1Cc1cccc([N+](=O)[O-])c1F. The van der Waals surface area contributed by atoms with Crippen molar-refractivity contribution in [2.75, 3.05) is 0 Å². The zero-order chi connectivity index (χ0) is 15.0. The highest BCUT2D eigenvalue weighted by molar-refractivity contribution is 5.72. The fourth-order valence-corrected chi connectivity index (χ4v) is 2.16. The van der Waals surface area contributed by atoms with Gasteiger partial charge in [0, 0.05) is 11.6 Å². The lowest BCUT2D eigenvalue weighted by Crippen LogP contribution is -2.16. The monoisotopic (exact) mass is 288 g/mol. The van der Waals surface area contributed by atoms with Crippen LogP contribution in [-0.4, -0.2) is 9.49 Å². The smallest absolute Gasteiger partial charge is 0.408 e. The first-order chi connectivity index (χ1) is 10.1. The van der Waals surface area contributed by atoms with Crippen LogP contribution in [0.2, 0.25) is 0 Å². The number of halogens is 1. The lowest BCUT2D eigenvalue weighted by molar-refractivity contribution is -0.387. The van der Waals surface area contributed by atoms with Crippen molar-refractivity contribution in [2.45, 2.75) is 6.54 Å². The summed E-state index contributed by atoms with van der Waals surface area (Å²) in [4.78, 5) is 21.8. The third-order valence-corrected chi connectivity index (χ3v) is 3.16. The molecule has 0 unspecified atom stereocenters. The summed E-state index contributed by atoms with van der Waals surface area (Å²) in [6, 6.07) is 10.6. The molecule has 7 heteroatoms. The van der Waals surface area contributed by atoms with E-state index in [1.54, 1.807) is 24.3 Å². The third kappa shape index (κ3) is 2.18. The normalized spacial score (nSPS) is 10.9. The van der Waals surface area contributed by atoms with E-state index in [0.717, 1.165) is 6.07 Å². The molecule has 2 aromatic carbocycles. The topological polar surface area (TPSA) is 78.3 Å². The highest BCUT2D eigenvalue weighted by Gasteiger charge is 2.19. The van der Waals surface area contributed by atoms with E-state index in [0.29, 0.717) is 11.1 Å². The second-order valence-electron chi connectivity index (χ2n) is 4.43. The lowest BCUT2D eigenvalue weighted by Gasteiger charge is -2.04. The molecule has 0 N–H and O–H groups in total. The van der Waals surface area contributed by atoms with Gasteiger partial charge >= 0.3 is 11.4 Å². The molecule has 0 atom stereocenters. The molecule has 0 amide bonds. The summed E-state index contributed by atoms with van der Waals surface area (Å²) in [5, 5.41) is 10.7. The summed E-state index contributed by atoms with van der Waals surface area (Å²) in [7, 11) is 0. The Bertz CT molecular complexity index is 897. The third-order valence-electron chi connectivity index (χ3n) is 3.16. The van der Waals surface area contributed by atoms with Crippen LogP contribution in [0, 0.1) is 15.9 Å². The van der Waals surface area contributed by atoms with E-state index in [4.69, 9.17) is 4.42 Å². The highest BCUT2D eigenvalue weighted by atomic mass is 19.1. The van der Waals surface area contributed by atoms with E-state index in [1.165, 1.54) is 16.7 Å². The molecule has 6 nitrogen and oxygen atoms in total. The molecule has 3 rings (SSSR count). The van der Waals surface area contributed by atoms with Crippen molar-refractivity contribution in [3.63, 3.8) is 0 Å². The largest absolute Gasteiger partial charge is 0.420 e. The molecule has 0 spiro atoms. The summed E-state index contributed by atoms with van der Waals surface area (Å²) in [5.41, 5.74) is 0.327. The van der Waals surface area contributed by atoms with Crippen LogP contribution >= 0.6 is 0 Å². The van der Waals surface area contributed by atoms with Gasteiger partial charge < -0.3 is 4.42 Å². The first-order valence-electron chi connectivity index (χ1n) is 6.08. The summed E-state index contributed by atoms with van der Waals surface area (Å²) < 4.78 is 20.3. The number of rotatable bonds is 3. The number of oxazole rings is 1. The van der Waals surface area contributed by atoms with Gasteiger partial charge in [-0.15, -0.1) is 0 Å². The molecular weight excluding hydrogens is 279 g/mol. The number of aromatic nitrogens is 1. The first kappa shape index (κ1) is 13.0. The van der Waals surface area contributed by atoms with Gasteiger partial charge in [0.2, 0.25) is 5.82 Å². The molecule has 1 aromatic heterocycles. The molecule has 0 aliphatic rings. The maximum atomic E-state index is 14.1. The number of hydrogen-bond donors (Lipinski definition) is 0. The number of para-hydroxylation sites is 2. The van der Waals surface area contributed by atoms with E-state index >= 15 is 0 Å². The van der Waals surface area contributed by atoms with Crippen LogP contribution in [0.15, 0.2) is 51.7 Å². The van der Waals surface area contributed by atoms with Crippen LogP contribution in [0.1, 0.15) is 5.56 Å². The van der Waals surface area contributed by atoms with Crippen LogP contribution in [0.3, 0.4) is 0 Å². The standard InChI is InChI=1S/C14H9FN2O4/c15-13-9(4-3-6-11(13)17(19)20)8-16-10-5-1-2-7-12(10)21-14(16)18/h1-7H,8H2. The van der Waals surface area contributed by atoms with Gasteiger partial charge in [-0.3, -0.25) is 14.7 Å². The minimum atomic E-state index is -0.945. The summed E-state index contributed by atoms with van der Waals surface area (Å²) in [5.74, 6) is -1.58. The fraction of sp³-hybridized carbons (Fsp3) is 0.0714. The number of nitro groups is 1. The van der Waals surface area contributed by atoms with Gasteiger partial charge in [-0.05, 0) is 12.1 Å². The van der Waals surface area contributed by atoms with Gasteiger partial charge in [0.05, 0.1) is 17.0 Å². The van der Waals surface area contributed by atoms with Gasteiger partial charge in [-0.25, -0.2) is 4.79 Å². The number of fused-ring (bicyclic) bond motifs is 1. The Hall–Kier alpha value is -2.96. The molecule has 0 aliphatic carbocycles. The molecule has 0 saturated carbocycles. The van der Waals surface area contributed by atoms with Gasteiger partial charge in [0.15, 0.2) is 5.58 Å². The van der Waals surface area contributed by atoms with Crippen molar-refractivity contribution in [2.24, 2.45) is 0 Å². The van der Waals surface area contributed by atoms with E-state index in [1.807, 2.05) is 0 Å². The average Bonchev–Trinajstić information content (AvgIpc) is 2.77. The van der Waals surface area contributed by atoms with Crippen LogP contribution in [-0.2, 0) is 6.54 Å². The second kappa shape index (κ2) is 4.86. The molecule has 3 aromatic rings. The quantitative estimate of drug-likeness (QED) is 0.548. The Labute approximate surface area is 117 Å². The van der Waals surface area contributed by atoms with Crippen molar-refractivity contribution in [3.8, 4) is 0 Å². The lowest BCUT2D eigenvalue weighted by atomic mass is 10.2. The molecule has 0 fully saturated rings. The number of hydrogen-bond acceptors (Lipinski definition) is 4. The molecule has 106 valence electrons. The van der Waals surface area contributed by atoms with Gasteiger partial charge in [-0.2, -0.15) is 4.39 Å². The minimum absolute atomic E-state index is 0.0536. The van der Waals surface area contributed by atoms with Crippen LogP contribution in [0.4, 0.5) is 10.1 Å². The number of benzene rings is 2. The van der Waals surface area contributed by atoms with Crippen molar-refractivity contribution in [1.82, 2.24) is 4.57 Å². The van der Waals surface area contributed by atoms with Gasteiger partial charge in [-0.1, -0.05) is 24.3 Å². The predicted octanol–water partition coefficient (Wildman–Crippen LogP) is 2.69. The van der Waals surface area contributed by atoms with Crippen molar-refractivity contribution in [3.05, 3.63) is 74.5 Å². The zero-order valence-electron chi connectivity index (χ0n) is 10.7. The Morgan fingerprint density at radius 3 is 2.71 bits per heavy atom. The maximum Gasteiger partial charge on any atom is 0.420 e. The van der Waals surface area contributed by atoms with Crippen LogP contribution in [0.25, 0.3) is 11.1 Å². The van der Waals surface area contributed by atoms with Crippen molar-refractivity contribution in [1.29, 1.82) is 0 Å². The molecule has 21 heavy (non-hydrogen) atoms. The number of nitrogens with zero attached hydrogens (tertiary/aromatic N) is 2. The Morgan fingerprint density at radius 1 is 1.19 bits per heavy atom. The average molecular weight is 288 g/mol. The molecular formula is C14H9FN2O4. The fourth-order valence-electron chi connectivity index (χ4n) is 2.16. The minimum Gasteiger partial charge on any atom is -0.408 e. The first-order valence-corrected chi connectivity index (χ1v) is 6.08. The van der Waals surface area contributed by atoms with Gasteiger partial charge in [0.25, 0.3) is 0 Å². The van der Waals surface area contributed by atoms with E-state index in [9.17, 15) is 19.3 Å². The van der Waals surface area contributed by atoms with E-state index < -0.39 is 22.2 Å². The number of nitro benzene ring substituents is 1. The molecule has 0 aliphatic heterocycles. The van der Waals surface area contributed by atoms with E-state index in [-0.39, 0.29) is 12.1 Å². The van der Waals surface area contributed by atoms with Gasteiger partial charge in [0.1, 0.15) is 0 Å². The molecule has 0 radical (unpaired) electrons.